The molecule has 2 saturated heterocycles. The summed E-state index contributed by atoms with van der Waals surface area (Å²) in [5.74, 6) is 1.58. The number of hydrogen-bond acceptors (Lipinski definition) is 11. The lowest BCUT2D eigenvalue weighted by Crippen LogP contribution is -2.48. The zero-order valence-corrected chi connectivity index (χ0v) is 21.2. The number of rotatable bonds is 9. The zero-order valence-electron chi connectivity index (χ0n) is 21.2. The van der Waals surface area contributed by atoms with Gasteiger partial charge in [-0.05, 0) is 13.0 Å². The SMILES string of the molecule is C[C@H]1CN(Cc2nn(CCOCC(F)(F)F)c3c(Nc4ccncn4)nc(N4CCNCC4)nc23)CCN1. The lowest BCUT2D eigenvalue weighted by atomic mass is 10.2. The van der Waals surface area contributed by atoms with Crippen molar-refractivity contribution < 1.29 is 17.9 Å². The summed E-state index contributed by atoms with van der Waals surface area (Å²) in [7, 11) is 0. The van der Waals surface area contributed by atoms with Crippen molar-refractivity contribution in [3.05, 3.63) is 24.3 Å². The fraction of sp³-hybridized carbons (Fsp3) is 0.609. The van der Waals surface area contributed by atoms with E-state index >= 15 is 0 Å². The molecule has 0 aromatic carbocycles. The predicted molar refractivity (Wildman–Crippen MR) is 135 cm³/mol. The van der Waals surface area contributed by atoms with Crippen LogP contribution in [0.4, 0.5) is 30.8 Å². The predicted octanol–water partition coefficient (Wildman–Crippen LogP) is 1.14. The smallest absolute Gasteiger partial charge is 0.370 e. The minimum Gasteiger partial charge on any atom is -0.370 e. The summed E-state index contributed by atoms with van der Waals surface area (Å²) in [5.41, 5.74) is 2.00. The second-order valence-corrected chi connectivity index (χ2v) is 9.45. The Balaban J connectivity index is 1.54. The monoisotopic (exact) mass is 535 g/mol. The van der Waals surface area contributed by atoms with Crippen LogP contribution in [-0.4, -0.2) is 106 Å². The average Bonchev–Trinajstić information content (AvgIpc) is 3.24. The standard InChI is InChI=1S/C23H32F3N11O/c1-16-12-35(7-6-29-16)13-17-19-20(37(34-17)10-11-38-14-23(24,25)26)21(31-18-2-3-28-15-30-18)33-22(32-19)36-8-4-27-5-9-36/h2-3,15-16,27,29H,4-14H2,1H3,(H,28,30,31,32,33)/t16-/m0/s1. The topological polar surface area (TPSA) is 121 Å². The molecule has 0 aliphatic carbocycles. The van der Waals surface area contributed by atoms with Gasteiger partial charge in [-0.15, -0.1) is 0 Å². The van der Waals surface area contributed by atoms with Crippen LogP contribution in [0.15, 0.2) is 18.6 Å². The molecule has 2 aliphatic heterocycles. The van der Waals surface area contributed by atoms with Crippen molar-refractivity contribution in [3.63, 3.8) is 0 Å². The first-order valence-corrected chi connectivity index (χ1v) is 12.7. The molecule has 206 valence electrons. The summed E-state index contributed by atoms with van der Waals surface area (Å²) in [6.45, 7) is 7.05. The number of piperazine rings is 2. The number of alkyl halides is 3. The number of ether oxygens (including phenoxy) is 1. The molecule has 0 amide bonds. The van der Waals surface area contributed by atoms with Crippen LogP contribution in [0.3, 0.4) is 0 Å². The second-order valence-electron chi connectivity index (χ2n) is 9.45. The molecule has 0 saturated carbocycles. The van der Waals surface area contributed by atoms with E-state index in [1.165, 1.54) is 6.33 Å². The molecule has 12 nitrogen and oxygen atoms in total. The van der Waals surface area contributed by atoms with Gasteiger partial charge in [0.1, 0.15) is 35.5 Å². The van der Waals surface area contributed by atoms with E-state index in [0.29, 0.717) is 41.2 Å². The van der Waals surface area contributed by atoms with Gasteiger partial charge >= 0.3 is 6.18 Å². The van der Waals surface area contributed by atoms with Crippen molar-refractivity contribution in [3.8, 4) is 0 Å². The maximum atomic E-state index is 12.6. The van der Waals surface area contributed by atoms with Crippen molar-refractivity contribution in [2.75, 3.05) is 69.2 Å². The molecule has 3 N–H and O–H groups in total. The highest BCUT2D eigenvalue weighted by Crippen LogP contribution is 2.29. The Morgan fingerprint density at radius 2 is 2.00 bits per heavy atom. The fourth-order valence-corrected chi connectivity index (χ4v) is 4.69. The molecule has 5 rings (SSSR count). The summed E-state index contributed by atoms with van der Waals surface area (Å²) < 4.78 is 44.5. The maximum Gasteiger partial charge on any atom is 0.411 e. The first-order valence-electron chi connectivity index (χ1n) is 12.7. The molecule has 0 unspecified atom stereocenters. The summed E-state index contributed by atoms with van der Waals surface area (Å²) in [6, 6.07) is 2.06. The third kappa shape index (κ3) is 6.64. The Hall–Kier alpha value is -3.14. The van der Waals surface area contributed by atoms with Crippen LogP contribution in [0.1, 0.15) is 12.6 Å². The second kappa shape index (κ2) is 11.7. The molecule has 3 aromatic rings. The summed E-state index contributed by atoms with van der Waals surface area (Å²) in [5, 5.41) is 14.8. The van der Waals surface area contributed by atoms with Crippen LogP contribution in [0.5, 0.6) is 0 Å². The Morgan fingerprint density at radius 3 is 2.74 bits per heavy atom. The Morgan fingerprint density at radius 1 is 1.16 bits per heavy atom. The molecule has 1 atom stereocenters. The van der Waals surface area contributed by atoms with E-state index in [9.17, 15) is 13.2 Å². The van der Waals surface area contributed by atoms with Crippen molar-refractivity contribution in [2.24, 2.45) is 0 Å². The van der Waals surface area contributed by atoms with Gasteiger partial charge in [-0.1, -0.05) is 0 Å². The normalized spacial score (nSPS) is 19.3. The van der Waals surface area contributed by atoms with Crippen LogP contribution >= 0.6 is 0 Å². The quantitative estimate of drug-likeness (QED) is 0.342. The minimum atomic E-state index is -4.39. The molecule has 2 fully saturated rings. The summed E-state index contributed by atoms with van der Waals surface area (Å²) >= 11 is 0. The van der Waals surface area contributed by atoms with Gasteiger partial charge in [0, 0.05) is 64.6 Å². The van der Waals surface area contributed by atoms with E-state index in [2.05, 4.69) is 42.6 Å². The fourth-order valence-electron chi connectivity index (χ4n) is 4.69. The summed E-state index contributed by atoms with van der Waals surface area (Å²) in [4.78, 5) is 22.4. The van der Waals surface area contributed by atoms with Gasteiger partial charge in [0.2, 0.25) is 5.95 Å². The number of anilines is 3. The molecule has 2 aliphatic rings. The zero-order chi connectivity index (χ0) is 26.5. The highest BCUT2D eigenvalue weighted by Gasteiger charge is 2.28. The number of nitrogens with zero attached hydrogens (tertiary/aromatic N) is 8. The maximum absolute atomic E-state index is 12.6. The van der Waals surface area contributed by atoms with Crippen LogP contribution in [-0.2, 0) is 17.8 Å². The number of fused-ring (bicyclic) bond motifs is 1. The van der Waals surface area contributed by atoms with E-state index in [0.717, 1.165) is 51.5 Å². The lowest BCUT2D eigenvalue weighted by Gasteiger charge is -2.31. The van der Waals surface area contributed by atoms with E-state index in [1.807, 2.05) is 0 Å². The van der Waals surface area contributed by atoms with Gasteiger partial charge in [0.25, 0.3) is 0 Å². The average molecular weight is 536 g/mol. The van der Waals surface area contributed by atoms with Crippen LogP contribution in [0, 0.1) is 0 Å². The molecule has 0 bridgehead atoms. The van der Waals surface area contributed by atoms with E-state index in [-0.39, 0.29) is 13.2 Å². The van der Waals surface area contributed by atoms with Crippen LogP contribution < -0.4 is 20.9 Å². The molecule has 3 aromatic heterocycles. The number of nitrogens with one attached hydrogen (secondary N) is 3. The molecule has 0 radical (unpaired) electrons. The van der Waals surface area contributed by atoms with Gasteiger partial charge in [-0.2, -0.15) is 23.3 Å². The highest BCUT2D eigenvalue weighted by atomic mass is 19.4. The molecule has 0 spiro atoms. The lowest BCUT2D eigenvalue weighted by molar-refractivity contribution is -0.174. The number of hydrogen-bond donors (Lipinski definition) is 3. The molecule has 5 heterocycles. The minimum absolute atomic E-state index is 0.110. The van der Waals surface area contributed by atoms with E-state index in [4.69, 9.17) is 19.8 Å². The van der Waals surface area contributed by atoms with E-state index < -0.39 is 12.8 Å². The van der Waals surface area contributed by atoms with Gasteiger partial charge < -0.3 is 25.6 Å². The molecule has 15 heteroatoms. The van der Waals surface area contributed by atoms with Crippen LogP contribution in [0.2, 0.25) is 0 Å². The Kier molecular flexibility index (Phi) is 8.16. The van der Waals surface area contributed by atoms with Gasteiger partial charge in [0.05, 0.1) is 13.2 Å². The van der Waals surface area contributed by atoms with Gasteiger partial charge in [-0.3, -0.25) is 9.58 Å². The highest BCUT2D eigenvalue weighted by molar-refractivity contribution is 5.90. The van der Waals surface area contributed by atoms with Crippen molar-refractivity contribution in [1.82, 2.24) is 45.2 Å². The number of halogens is 3. The van der Waals surface area contributed by atoms with Crippen molar-refractivity contribution in [2.45, 2.75) is 32.2 Å². The first kappa shape index (κ1) is 26.5. The number of aromatic nitrogens is 6. The van der Waals surface area contributed by atoms with Gasteiger partial charge in [0.15, 0.2) is 5.82 Å². The third-order valence-electron chi connectivity index (χ3n) is 6.41. The van der Waals surface area contributed by atoms with Crippen LogP contribution in [0.25, 0.3) is 11.0 Å². The van der Waals surface area contributed by atoms with Crippen molar-refractivity contribution in [1.29, 1.82) is 0 Å². The third-order valence-corrected chi connectivity index (χ3v) is 6.41. The molecular formula is C23H32F3N11O. The van der Waals surface area contributed by atoms with E-state index in [1.54, 1.807) is 16.9 Å². The van der Waals surface area contributed by atoms with Gasteiger partial charge in [-0.25, -0.2) is 15.0 Å². The Labute approximate surface area is 218 Å². The Bertz CT molecular complexity index is 1200. The van der Waals surface area contributed by atoms with Crippen molar-refractivity contribution >= 4 is 28.6 Å². The molecular weight excluding hydrogens is 503 g/mol. The first-order chi connectivity index (χ1) is 18.4. The summed E-state index contributed by atoms with van der Waals surface area (Å²) in [6.07, 6.45) is -1.35. The largest absolute Gasteiger partial charge is 0.411 e. The molecule has 38 heavy (non-hydrogen) atoms.